The van der Waals surface area contributed by atoms with Crippen molar-refractivity contribution in [1.82, 2.24) is 0 Å². The fourth-order valence-corrected chi connectivity index (χ4v) is 1.23. The highest BCUT2D eigenvalue weighted by Crippen LogP contribution is 2.30. The number of nitro benzene ring substituents is 1. The van der Waals surface area contributed by atoms with Crippen LogP contribution in [0.2, 0.25) is 0 Å². The summed E-state index contributed by atoms with van der Waals surface area (Å²) >= 11 is 2.88. The fourth-order valence-electron chi connectivity index (χ4n) is 0.812. The van der Waals surface area contributed by atoms with E-state index < -0.39 is 11.3 Å². The highest BCUT2D eigenvalue weighted by Gasteiger charge is 2.16. The van der Waals surface area contributed by atoms with Crippen molar-refractivity contribution in [3.05, 3.63) is 38.3 Å². The number of rotatable bonds is 2. The summed E-state index contributed by atoms with van der Waals surface area (Å²) in [6.07, 6.45) is -2.71. The van der Waals surface area contributed by atoms with E-state index in [0.717, 1.165) is 12.1 Å². The first-order valence-electron chi connectivity index (χ1n) is 3.24. The minimum Gasteiger partial charge on any atom is -0.258 e. The average molecular weight is 252 g/mol. The monoisotopic (exact) mass is 251 g/mol. The predicted octanol–water partition coefficient (Wildman–Crippen LogP) is 3.29. The molecule has 1 aromatic carbocycles. The van der Waals surface area contributed by atoms with E-state index in [9.17, 15) is 18.9 Å². The van der Waals surface area contributed by atoms with Crippen LogP contribution in [-0.4, -0.2) is 4.92 Å². The molecule has 6 heteroatoms. The molecular weight excluding hydrogens is 248 g/mol. The predicted molar refractivity (Wildman–Crippen MR) is 45.8 cm³/mol. The Morgan fingerprint density at radius 3 is 2.54 bits per heavy atom. The zero-order valence-corrected chi connectivity index (χ0v) is 7.79. The Kier molecular flexibility index (Phi) is 2.92. The van der Waals surface area contributed by atoms with Crippen LogP contribution in [0.15, 0.2) is 22.7 Å². The molecule has 0 heterocycles. The molecular formula is C7H4BrF2NO2. The van der Waals surface area contributed by atoms with E-state index in [-0.39, 0.29) is 15.7 Å². The molecule has 1 rings (SSSR count). The van der Waals surface area contributed by atoms with Gasteiger partial charge in [-0.2, -0.15) is 0 Å². The Labute approximate surface area is 80.6 Å². The first kappa shape index (κ1) is 10.0. The van der Waals surface area contributed by atoms with E-state index in [0.29, 0.717) is 0 Å². The molecule has 0 spiro atoms. The number of benzene rings is 1. The SMILES string of the molecule is O=[N+]([O-])c1ccc(Br)c(C(F)F)c1. The number of alkyl halides is 2. The minimum atomic E-state index is -2.71. The third-order valence-corrected chi connectivity index (χ3v) is 2.15. The maximum atomic E-state index is 12.2. The van der Waals surface area contributed by atoms with Gasteiger partial charge in [0, 0.05) is 22.2 Å². The van der Waals surface area contributed by atoms with Crippen LogP contribution >= 0.6 is 15.9 Å². The largest absolute Gasteiger partial charge is 0.269 e. The van der Waals surface area contributed by atoms with Gasteiger partial charge in [-0.15, -0.1) is 0 Å². The molecule has 13 heavy (non-hydrogen) atoms. The van der Waals surface area contributed by atoms with Crippen LogP contribution in [-0.2, 0) is 0 Å². The summed E-state index contributed by atoms with van der Waals surface area (Å²) < 4.78 is 24.6. The topological polar surface area (TPSA) is 43.1 Å². The van der Waals surface area contributed by atoms with Crippen molar-refractivity contribution in [2.45, 2.75) is 6.43 Å². The van der Waals surface area contributed by atoms with Gasteiger partial charge < -0.3 is 0 Å². The minimum absolute atomic E-state index is 0.174. The van der Waals surface area contributed by atoms with Crippen molar-refractivity contribution in [1.29, 1.82) is 0 Å². The molecule has 1 aromatic rings. The third kappa shape index (κ3) is 2.21. The van der Waals surface area contributed by atoms with Gasteiger partial charge in [0.2, 0.25) is 0 Å². The molecule has 0 aliphatic carbocycles. The van der Waals surface area contributed by atoms with Gasteiger partial charge in [0.05, 0.1) is 4.92 Å². The molecule has 0 saturated carbocycles. The van der Waals surface area contributed by atoms with Crippen LogP contribution in [0.4, 0.5) is 14.5 Å². The summed E-state index contributed by atoms with van der Waals surface area (Å²) in [5, 5.41) is 10.2. The summed E-state index contributed by atoms with van der Waals surface area (Å²) in [6.45, 7) is 0. The number of non-ortho nitro benzene ring substituents is 1. The van der Waals surface area contributed by atoms with Crippen LogP contribution in [0.5, 0.6) is 0 Å². The van der Waals surface area contributed by atoms with Gasteiger partial charge in [0.25, 0.3) is 12.1 Å². The van der Waals surface area contributed by atoms with Gasteiger partial charge in [-0.05, 0) is 6.07 Å². The molecule has 3 nitrogen and oxygen atoms in total. The van der Waals surface area contributed by atoms with Crippen LogP contribution in [0.3, 0.4) is 0 Å². The first-order chi connectivity index (χ1) is 6.02. The summed E-state index contributed by atoms with van der Waals surface area (Å²) in [4.78, 5) is 9.52. The van der Waals surface area contributed by atoms with Crippen molar-refractivity contribution < 1.29 is 13.7 Å². The Morgan fingerprint density at radius 1 is 1.46 bits per heavy atom. The number of nitrogens with zero attached hydrogens (tertiary/aromatic N) is 1. The van der Waals surface area contributed by atoms with Gasteiger partial charge in [-0.25, -0.2) is 8.78 Å². The molecule has 0 N–H and O–H groups in total. The maximum Gasteiger partial charge on any atom is 0.269 e. The second-order valence-corrected chi connectivity index (χ2v) is 3.12. The molecule has 0 amide bonds. The first-order valence-corrected chi connectivity index (χ1v) is 4.03. The van der Waals surface area contributed by atoms with Crippen molar-refractivity contribution >= 4 is 21.6 Å². The second kappa shape index (κ2) is 3.78. The number of hydrogen-bond donors (Lipinski definition) is 0. The summed E-state index contributed by atoms with van der Waals surface area (Å²) in [5.41, 5.74) is -0.701. The molecule has 0 fully saturated rings. The van der Waals surface area contributed by atoms with Crippen molar-refractivity contribution in [2.75, 3.05) is 0 Å². The quantitative estimate of drug-likeness (QED) is 0.598. The Morgan fingerprint density at radius 2 is 2.08 bits per heavy atom. The second-order valence-electron chi connectivity index (χ2n) is 2.26. The molecule has 0 aliphatic rings. The van der Waals surface area contributed by atoms with Gasteiger partial charge in [0.15, 0.2) is 0 Å². The lowest BCUT2D eigenvalue weighted by atomic mass is 10.2. The van der Waals surface area contributed by atoms with Crippen molar-refractivity contribution in [3.63, 3.8) is 0 Å². The van der Waals surface area contributed by atoms with Crippen molar-refractivity contribution in [2.24, 2.45) is 0 Å². The summed E-state index contributed by atoms with van der Waals surface area (Å²) in [5.74, 6) is 0. The van der Waals surface area contributed by atoms with Crippen LogP contribution in [0, 0.1) is 10.1 Å². The fraction of sp³-hybridized carbons (Fsp3) is 0.143. The van der Waals surface area contributed by atoms with E-state index in [4.69, 9.17) is 0 Å². The van der Waals surface area contributed by atoms with Gasteiger partial charge in [0.1, 0.15) is 0 Å². The summed E-state index contributed by atoms with van der Waals surface area (Å²) in [7, 11) is 0. The zero-order valence-electron chi connectivity index (χ0n) is 6.21. The number of nitro groups is 1. The van der Waals surface area contributed by atoms with E-state index in [1.165, 1.54) is 6.07 Å². The van der Waals surface area contributed by atoms with Crippen LogP contribution < -0.4 is 0 Å². The number of hydrogen-bond acceptors (Lipinski definition) is 2. The Bertz CT molecular complexity index is 343. The standard InChI is InChI=1S/C7H4BrF2NO2/c8-6-2-1-4(11(12)13)3-5(6)7(9)10/h1-3,7H. The van der Waals surface area contributed by atoms with Crippen LogP contribution in [0.25, 0.3) is 0 Å². The third-order valence-electron chi connectivity index (χ3n) is 1.43. The van der Waals surface area contributed by atoms with E-state index >= 15 is 0 Å². The Hall–Kier alpha value is -1.04. The lowest BCUT2D eigenvalue weighted by Gasteiger charge is -2.01. The van der Waals surface area contributed by atoms with E-state index in [1.807, 2.05) is 0 Å². The lowest BCUT2D eigenvalue weighted by Crippen LogP contribution is -1.92. The molecule has 0 saturated heterocycles. The average Bonchev–Trinajstić information content (AvgIpc) is 2.04. The van der Waals surface area contributed by atoms with Crippen LogP contribution in [0.1, 0.15) is 12.0 Å². The maximum absolute atomic E-state index is 12.2. The van der Waals surface area contributed by atoms with Crippen molar-refractivity contribution in [3.8, 4) is 0 Å². The molecule has 70 valence electrons. The smallest absolute Gasteiger partial charge is 0.258 e. The number of halogens is 3. The van der Waals surface area contributed by atoms with Gasteiger partial charge >= 0.3 is 0 Å². The van der Waals surface area contributed by atoms with E-state index in [2.05, 4.69) is 15.9 Å². The van der Waals surface area contributed by atoms with Gasteiger partial charge in [-0.3, -0.25) is 10.1 Å². The molecule has 0 aromatic heterocycles. The molecule has 0 unspecified atom stereocenters. The van der Waals surface area contributed by atoms with E-state index in [1.54, 1.807) is 0 Å². The summed E-state index contributed by atoms with van der Waals surface area (Å²) in [6, 6.07) is 3.25. The highest BCUT2D eigenvalue weighted by molar-refractivity contribution is 9.10. The molecule has 0 radical (unpaired) electrons. The normalized spacial score (nSPS) is 10.5. The highest BCUT2D eigenvalue weighted by atomic mass is 79.9. The van der Waals surface area contributed by atoms with Gasteiger partial charge in [-0.1, -0.05) is 15.9 Å². The zero-order chi connectivity index (χ0) is 10.0. The molecule has 0 aliphatic heterocycles. The molecule has 0 bridgehead atoms. The molecule has 0 atom stereocenters. The lowest BCUT2D eigenvalue weighted by molar-refractivity contribution is -0.385. The Balaban J connectivity index is 3.19.